The van der Waals surface area contributed by atoms with Crippen LogP contribution in [0.25, 0.3) is 21.6 Å². The van der Waals surface area contributed by atoms with E-state index in [1.807, 2.05) is 11.4 Å². The van der Waals surface area contributed by atoms with Gasteiger partial charge in [0.15, 0.2) is 0 Å². The van der Waals surface area contributed by atoms with Crippen molar-refractivity contribution in [3.05, 3.63) is 29.6 Å². The van der Waals surface area contributed by atoms with E-state index in [1.165, 1.54) is 0 Å². The van der Waals surface area contributed by atoms with Gasteiger partial charge in [0.05, 0.1) is 10.2 Å². The van der Waals surface area contributed by atoms with E-state index in [0.29, 0.717) is 17.8 Å². The standard InChI is InChI=1S/C15H18N4OS/c1-3-16-10(2)4-5-14-18-15(19-20-14)11-8-13-12(17-9-11)6-7-21-13/h6-10,16H,3-5H2,1-2H3. The number of aryl methyl sites for hydroxylation is 1. The smallest absolute Gasteiger partial charge is 0.227 e. The minimum Gasteiger partial charge on any atom is -0.339 e. The van der Waals surface area contributed by atoms with Gasteiger partial charge < -0.3 is 9.84 Å². The van der Waals surface area contributed by atoms with E-state index in [4.69, 9.17) is 4.52 Å². The van der Waals surface area contributed by atoms with Gasteiger partial charge in [0.25, 0.3) is 0 Å². The van der Waals surface area contributed by atoms with Crippen molar-refractivity contribution < 1.29 is 4.52 Å². The van der Waals surface area contributed by atoms with Gasteiger partial charge in [-0.2, -0.15) is 4.98 Å². The van der Waals surface area contributed by atoms with E-state index in [0.717, 1.165) is 35.2 Å². The van der Waals surface area contributed by atoms with Gasteiger partial charge in [-0.1, -0.05) is 12.1 Å². The van der Waals surface area contributed by atoms with Crippen molar-refractivity contribution in [3.8, 4) is 11.4 Å². The third-order valence-corrected chi connectivity index (χ3v) is 4.23. The van der Waals surface area contributed by atoms with Crippen molar-refractivity contribution in [1.82, 2.24) is 20.4 Å². The second-order valence-electron chi connectivity index (χ2n) is 5.04. The molecule has 110 valence electrons. The van der Waals surface area contributed by atoms with Crippen LogP contribution in [0.3, 0.4) is 0 Å². The molecular weight excluding hydrogens is 284 g/mol. The molecule has 3 rings (SSSR count). The first-order valence-corrected chi connectivity index (χ1v) is 8.04. The van der Waals surface area contributed by atoms with Crippen LogP contribution in [0.5, 0.6) is 0 Å². The summed E-state index contributed by atoms with van der Waals surface area (Å²) in [6.45, 7) is 5.24. The third kappa shape index (κ3) is 3.28. The molecule has 0 saturated carbocycles. The van der Waals surface area contributed by atoms with Gasteiger partial charge in [0.2, 0.25) is 11.7 Å². The number of hydrogen-bond acceptors (Lipinski definition) is 6. The minimum atomic E-state index is 0.453. The zero-order valence-corrected chi connectivity index (χ0v) is 13.0. The lowest BCUT2D eigenvalue weighted by Gasteiger charge is -2.09. The summed E-state index contributed by atoms with van der Waals surface area (Å²) < 4.78 is 6.47. The molecule has 0 spiro atoms. The molecule has 3 aromatic heterocycles. The van der Waals surface area contributed by atoms with E-state index in [2.05, 4.69) is 40.4 Å². The number of aromatic nitrogens is 3. The molecule has 5 nitrogen and oxygen atoms in total. The summed E-state index contributed by atoms with van der Waals surface area (Å²) in [5.74, 6) is 1.30. The van der Waals surface area contributed by atoms with Crippen LogP contribution in [0.15, 0.2) is 28.2 Å². The minimum absolute atomic E-state index is 0.453. The first-order valence-electron chi connectivity index (χ1n) is 7.16. The summed E-state index contributed by atoms with van der Waals surface area (Å²) in [5.41, 5.74) is 1.91. The van der Waals surface area contributed by atoms with Crippen molar-refractivity contribution in [2.45, 2.75) is 32.7 Å². The van der Waals surface area contributed by atoms with Crippen molar-refractivity contribution in [2.75, 3.05) is 6.54 Å². The van der Waals surface area contributed by atoms with Crippen molar-refractivity contribution in [1.29, 1.82) is 0 Å². The molecule has 0 bridgehead atoms. The number of hydrogen-bond donors (Lipinski definition) is 1. The maximum Gasteiger partial charge on any atom is 0.227 e. The number of pyridine rings is 1. The molecule has 3 aromatic rings. The maximum atomic E-state index is 5.33. The molecular formula is C15H18N4OS. The Morgan fingerprint density at radius 1 is 1.43 bits per heavy atom. The van der Waals surface area contributed by atoms with E-state index in [1.54, 1.807) is 17.5 Å². The van der Waals surface area contributed by atoms with Gasteiger partial charge in [-0.25, -0.2) is 0 Å². The topological polar surface area (TPSA) is 63.8 Å². The molecule has 21 heavy (non-hydrogen) atoms. The van der Waals surface area contributed by atoms with Crippen LogP contribution in [0.2, 0.25) is 0 Å². The fourth-order valence-electron chi connectivity index (χ4n) is 2.23. The molecule has 1 N–H and O–H groups in total. The number of rotatable bonds is 6. The Labute approximate surface area is 127 Å². The molecule has 1 atom stereocenters. The molecule has 0 aliphatic heterocycles. The second-order valence-corrected chi connectivity index (χ2v) is 5.98. The molecule has 3 heterocycles. The lowest BCUT2D eigenvalue weighted by molar-refractivity contribution is 0.368. The second kappa shape index (κ2) is 6.32. The Morgan fingerprint density at radius 2 is 2.33 bits per heavy atom. The Balaban J connectivity index is 1.71. The Morgan fingerprint density at radius 3 is 3.19 bits per heavy atom. The highest BCUT2D eigenvalue weighted by Crippen LogP contribution is 2.24. The van der Waals surface area contributed by atoms with Gasteiger partial charge >= 0.3 is 0 Å². The van der Waals surface area contributed by atoms with Crippen LogP contribution in [-0.2, 0) is 6.42 Å². The molecule has 0 aromatic carbocycles. The van der Waals surface area contributed by atoms with Gasteiger partial charge in [-0.05, 0) is 37.4 Å². The summed E-state index contributed by atoms with van der Waals surface area (Å²) in [4.78, 5) is 8.87. The zero-order valence-electron chi connectivity index (χ0n) is 12.2. The van der Waals surface area contributed by atoms with Crippen LogP contribution in [-0.4, -0.2) is 27.7 Å². The normalized spacial score (nSPS) is 12.9. The van der Waals surface area contributed by atoms with Crippen LogP contribution in [0, 0.1) is 0 Å². The van der Waals surface area contributed by atoms with Gasteiger partial charge in [-0.3, -0.25) is 4.98 Å². The molecule has 6 heteroatoms. The fourth-order valence-corrected chi connectivity index (χ4v) is 3.01. The van der Waals surface area contributed by atoms with E-state index in [9.17, 15) is 0 Å². The Bertz CT molecular complexity index is 721. The summed E-state index contributed by atoms with van der Waals surface area (Å²) in [6.07, 6.45) is 3.57. The van der Waals surface area contributed by atoms with Crippen LogP contribution >= 0.6 is 11.3 Å². The van der Waals surface area contributed by atoms with E-state index in [-0.39, 0.29) is 0 Å². The predicted octanol–water partition coefficient (Wildman–Crippen LogP) is 3.28. The average molecular weight is 302 g/mol. The molecule has 0 aliphatic rings. The summed E-state index contributed by atoms with van der Waals surface area (Å²) >= 11 is 1.67. The molecule has 0 fully saturated rings. The van der Waals surface area contributed by atoms with E-state index >= 15 is 0 Å². The van der Waals surface area contributed by atoms with Gasteiger partial charge in [0, 0.05) is 24.2 Å². The summed E-state index contributed by atoms with van der Waals surface area (Å²) in [7, 11) is 0. The van der Waals surface area contributed by atoms with Crippen LogP contribution < -0.4 is 5.32 Å². The van der Waals surface area contributed by atoms with Crippen molar-refractivity contribution in [2.24, 2.45) is 0 Å². The maximum absolute atomic E-state index is 5.33. The van der Waals surface area contributed by atoms with Crippen molar-refractivity contribution >= 4 is 21.6 Å². The van der Waals surface area contributed by atoms with Crippen molar-refractivity contribution in [3.63, 3.8) is 0 Å². The molecule has 0 saturated heterocycles. The lowest BCUT2D eigenvalue weighted by atomic mass is 10.2. The molecule has 0 aliphatic carbocycles. The summed E-state index contributed by atoms with van der Waals surface area (Å²) in [6, 6.07) is 4.52. The highest BCUT2D eigenvalue weighted by molar-refractivity contribution is 7.17. The van der Waals surface area contributed by atoms with Gasteiger partial charge in [-0.15, -0.1) is 11.3 Å². The Kier molecular flexibility index (Phi) is 4.26. The van der Waals surface area contributed by atoms with Gasteiger partial charge in [0.1, 0.15) is 0 Å². The third-order valence-electron chi connectivity index (χ3n) is 3.37. The zero-order chi connectivity index (χ0) is 14.7. The monoisotopic (exact) mass is 302 g/mol. The first kappa shape index (κ1) is 14.2. The Hall–Kier alpha value is -1.79. The highest BCUT2D eigenvalue weighted by atomic mass is 32.1. The predicted molar refractivity (Wildman–Crippen MR) is 84.4 cm³/mol. The van der Waals surface area contributed by atoms with E-state index < -0.39 is 0 Å². The number of nitrogens with one attached hydrogen (secondary N) is 1. The van der Waals surface area contributed by atoms with Crippen LogP contribution in [0.1, 0.15) is 26.2 Å². The largest absolute Gasteiger partial charge is 0.339 e. The van der Waals surface area contributed by atoms with Crippen LogP contribution in [0.4, 0.5) is 0 Å². The average Bonchev–Trinajstić information content (AvgIpc) is 3.13. The number of nitrogens with zero attached hydrogens (tertiary/aromatic N) is 3. The molecule has 1 unspecified atom stereocenters. The SMILES string of the molecule is CCNC(C)CCc1nc(-c2cnc3ccsc3c2)no1. The number of fused-ring (bicyclic) bond motifs is 1. The highest BCUT2D eigenvalue weighted by Gasteiger charge is 2.11. The first-order chi connectivity index (χ1) is 10.3. The lowest BCUT2D eigenvalue weighted by Crippen LogP contribution is -2.25. The quantitative estimate of drug-likeness (QED) is 0.757. The number of thiophene rings is 1. The fraction of sp³-hybridized carbons (Fsp3) is 0.400. The summed E-state index contributed by atoms with van der Waals surface area (Å²) in [5, 5.41) is 9.47. The molecule has 0 amide bonds. The molecule has 0 radical (unpaired) electrons.